The minimum Gasteiger partial charge on any atom is -0.457 e. The number of ether oxygens (including phenoxy) is 1. The third-order valence-electron chi connectivity index (χ3n) is 6.13. The highest BCUT2D eigenvalue weighted by Gasteiger charge is 2.26. The van der Waals surface area contributed by atoms with Gasteiger partial charge in [0.15, 0.2) is 0 Å². The summed E-state index contributed by atoms with van der Waals surface area (Å²) in [7, 11) is -3.30. The number of anilines is 1. The molecule has 0 aliphatic carbocycles. The minimum atomic E-state index is -3.30. The number of piperidine rings is 1. The number of hydrogen-bond acceptors (Lipinski definition) is 5. The number of likely N-dealkylation sites (tertiary alicyclic amines) is 1. The maximum absolute atomic E-state index is 12.5. The Morgan fingerprint density at radius 2 is 1.63 bits per heavy atom. The molecular weight excluding hydrogens is 464 g/mol. The Morgan fingerprint density at radius 1 is 1.03 bits per heavy atom. The lowest BCUT2D eigenvalue weighted by atomic mass is 10.0. The Morgan fingerprint density at radius 3 is 2.17 bits per heavy atom. The number of amides is 2. The maximum Gasteiger partial charge on any atom is 0.317 e. The van der Waals surface area contributed by atoms with Gasteiger partial charge in [0, 0.05) is 44.5 Å². The van der Waals surface area contributed by atoms with Gasteiger partial charge in [0.1, 0.15) is 11.5 Å². The molecule has 9 heteroatoms. The van der Waals surface area contributed by atoms with E-state index in [9.17, 15) is 13.2 Å². The number of benzene rings is 2. The van der Waals surface area contributed by atoms with E-state index in [4.69, 9.17) is 4.74 Å². The fourth-order valence-electron chi connectivity index (χ4n) is 4.29. The Hall–Kier alpha value is -2.78. The van der Waals surface area contributed by atoms with E-state index in [2.05, 4.69) is 40.9 Å². The molecule has 0 spiro atoms. The first-order valence-corrected chi connectivity index (χ1v) is 14.3. The molecule has 1 aliphatic rings. The lowest BCUT2D eigenvalue weighted by molar-refractivity contribution is 0.120. The van der Waals surface area contributed by atoms with Crippen molar-refractivity contribution in [1.82, 2.24) is 15.1 Å². The summed E-state index contributed by atoms with van der Waals surface area (Å²) in [6, 6.07) is 15.2. The van der Waals surface area contributed by atoms with Crippen molar-refractivity contribution in [2.24, 2.45) is 0 Å². The van der Waals surface area contributed by atoms with Crippen LogP contribution in [-0.4, -0.2) is 62.7 Å². The van der Waals surface area contributed by atoms with Crippen molar-refractivity contribution >= 4 is 21.7 Å². The summed E-state index contributed by atoms with van der Waals surface area (Å²) in [6.07, 6.45) is 5.19. The zero-order valence-corrected chi connectivity index (χ0v) is 21.8. The number of urea groups is 1. The lowest BCUT2D eigenvalue weighted by Gasteiger charge is -2.38. The van der Waals surface area contributed by atoms with Crippen molar-refractivity contribution in [1.29, 1.82) is 0 Å². The first kappa shape index (κ1) is 26.8. The molecule has 0 saturated carbocycles. The fourth-order valence-corrected chi connectivity index (χ4v) is 4.86. The first-order valence-electron chi connectivity index (χ1n) is 12.4. The van der Waals surface area contributed by atoms with Gasteiger partial charge >= 0.3 is 6.03 Å². The summed E-state index contributed by atoms with van der Waals surface area (Å²) in [5.74, 6) is 1.36. The molecule has 2 N–H and O–H groups in total. The van der Waals surface area contributed by atoms with Crippen LogP contribution in [0, 0.1) is 0 Å². The van der Waals surface area contributed by atoms with Crippen LogP contribution in [0.3, 0.4) is 0 Å². The molecule has 1 heterocycles. The summed E-state index contributed by atoms with van der Waals surface area (Å²) in [5, 5.41) is 3.05. The average Bonchev–Trinajstić information content (AvgIpc) is 2.82. The molecule has 1 fully saturated rings. The van der Waals surface area contributed by atoms with Crippen LogP contribution in [0.15, 0.2) is 48.5 Å². The van der Waals surface area contributed by atoms with E-state index in [1.165, 1.54) is 5.56 Å². The number of carbonyl (C=O) groups excluding carboxylic acids is 1. The minimum absolute atomic E-state index is 0.0660. The van der Waals surface area contributed by atoms with Crippen LogP contribution in [0.1, 0.15) is 45.1 Å². The highest BCUT2D eigenvalue weighted by atomic mass is 32.2. The van der Waals surface area contributed by atoms with Crippen LogP contribution in [0.25, 0.3) is 0 Å². The van der Waals surface area contributed by atoms with E-state index in [0.717, 1.165) is 70.4 Å². The molecule has 0 radical (unpaired) electrons. The van der Waals surface area contributed by atoms with Crippen molar-refractivity contribution in [2.45, 2.75) is 52.1 Å². The molecule has 2 amide bonds. The number of sulfonamides is 1. The van der Waals surface area contributed by atoms with Crippen LogP contribution in [0.2, 0.25) is 0 Å². The summed E-state index contributed by atoms with van der Waals surface area (Å²) >= 11 is 0. The van der Waals surface area contributed by atoms with Gasteiger partial charge in [0.2, 0.25) is 10.0 Å². The van der Waals surface area contributed by atoms with Gasteiger partial charge in [-0.3, -0.25) is 9.62 Å². The lowest BCUT2D eigenvalue weighted by Crippen LogP contribution is -2.50. The van der Waals surface area contributed by atoms with Crippen LogP contribution >= 0.6 is 0 Å². The van der Waals surface area contributed by atoms with Crippen molar-refractivity contribution in [3.63, 3.8) is 0 Å². The highest BCUT2D eigenvalue weighted by molar-refractivity contribution is 7.92. The molecule has 3 rings (SSSR count). The Bertz CT molecular complexity index is 1030. The highest BCUT2D eigenvalue weighted by Crippen LogP contribution is 2.25. The smallest absolute Gasteiger partial charge is 0.317 e. The SMILES string of the molecule is CCCCNC(=O)N(CC)C1CCN(Cc2ccc(Oc3ccc(NS(C)(=O)=O)cc3)cc2)CC1. The van der Waals surface area contributed by atoms with Gasteiger partial charge in [-0.15, -0.1) is 0 Å². The van der Waals surface area contributed by atoms with Crippen molar-refractivity contribution < 1.29 is 17.9 Å². The number of unbranched alkanes of at least 4 members (excludes halogenated alkanes) is 1. The van der Waals surface area contributed by atoms with Gasteiger partial charge in [-0.1, -0.05) is 25.5 Å². The Labute approximate surface area is 209 Å². The number of hydrogen-bond donors (Lipinski definition) is 2. The summed E-state index contributed by atoms with van der Waals surface area (Å²) < 4.78 is 31.0. The average molecular weight is 503 g/mol. The topological polar surface area (TPSA) is 91.0 Å². The van der Waals surface area contributed by atoms with E-state index in [1.807, 2.05) is 17.0 Å². The van der Waals surface area contributed by atoms with Crippen LogP contribution < -0.4 is 14.8 Å². The van der Waals surface area contributed by atoms with Crippen LogP contribution in [0.5, 0.6) is 11.5 Å². The van der Waals surface area contributed by atoms with Gasteiger partial charge in [-0.2, -0.15) is 0 Å². The third kappa shape index (κ3) is 8.74. The maximum atomic E-state index is 12.5. The molecule has 1 aliphatic heterocycles. The summed E-state index contributed by atoms with van der Waals surface area (Å²) in [6.45, 7) is 8.47. The molecule has 0 atom stereocenters. The van der Waals surface area contributed by atoms with E-state index in [0.29, 0.717) is 17.5 Å². The normalized spacial score (nSPS) is 14.9. The van der Waals surface area contributed by atoms with Crippen molar-refractivity contribution in [3.8, 4) is 11.5 Å². The van der Waals surface area contributed by atoms with Crippen molar-refractivity contribution in [3.05, 3.63) is 54.1 Å². The van der Waals surface area contributed by atoms with Gasteiger partial charge in [0.25, 0.3) is 0 Å². The zero-order valence-electron chi connectivity index (χ0n) is 21.0. The quantitative estimate of drug-likeness (QED) is 0.437. The zero-order chi connectivity index (χ0) is 25.3. The molecule has 0 aromatic heterocycles. The molecule has 0 unspecified atom stereocenters. The molecule has 0 bridgehead atoms. The van der Waals surface area contributed by atoms with Crippen LogP contribution in [-0.2, 0) is 16.6 Å². The molecule has 192 valence electrons. The predicted molar refractivity (Wildman–Crippen MR) is 140 cm³/mol. The Balaban J connectivity index is 1.46. The van der Waals surface area contributed by atoms with E-state index >= 15 is 0 Å². The second-order valence-electron chi connectivity index (χ2n) is 9.02. The van der Waals surface area contributed by atoms with Crippen LogP contribution in [0.4, 0.5) is 10.5 Å². The molecule has 1 saturated heterocycles. The molecule has 8 nitrogen and oxygen atoms in total. The third-order valence-corrected chi connectivity index (χ3v) is 6.74. The monoisotopic (exact) mass is 502 g/mol. The molecule has 35 heavy (non-hydrogen) atoms. The van der Waals surface area contributed by atoms with Gasteiger partial charge in [-0.05, 0) is 68.1 Å². The van der Waals surface area contributed by atoms with E-state index in [1.54, 1.807) is 24.3 Å². The molecule has 2 aromatic carbocycles. The van der Waals surface area contributed by atoms with Gasteiger partial charge in [-0.25, -0.2) is 13.2 Å². The van der Waals surface area contributed by atoms with E-state index < -0.39 is 10.0 Å². The van der Waals surface area contributed by atoms with E-state index in [-0.39, 0.29) is 6.03 Å². The van der Waals surface area contributed by atoms with Gasteiger partial charge in [0.05, 0.1) is 6.26 Å². The predicted octanol–water partition coefficient (Wildman–Crippen LogP) is 4.65. The fraction of sp³-hybridized carbons (Fsp3) is 0.500. The van der Waals surface area contributed by atoms with Crippen molar-refractivity contribution in [2.75, 3.05) is 37.2 Å². The largest absolute Gasteiger partial charge is 0.457 e. The molecular formula is C26H38N4O4S. The summed E-state index contributed by atoms with van der Waals surface area (Å²) in [4.78, 5) is 16.9. The molecule has 2 aromatic rings. The summed E-state index contributed by atoms with van der Waals surface area (Å²) in [5.41, 5.74) is 1.71. The van der Waals surface area contributed by atoms with Gasteiger partial charge < -0.3 is 15.0 Å². The number of rotatable bonds is 11. The number of nitrogens with one attached hydrogen (secondary N) is 2. The first-order chi connectivity index (χ1) is 16.8. The number of nitrogens with zero attached hydrogens (tertiary/aromatic N) is 2. The second-order valence-corrected chi connectivity index (χ2v) is 10.8. The Kier molecular flexibility index (Phi) is 9.80. The number of carbonyl (C=O) groups is 1. The standard InChI is InChI=1S/C26H38N4O4S/c1-4-6-17-27-26(31)30(5-2)23-15-18-29(19-16-23)20-21-7-11-24(12-8-21)34-25-13-9-22(10-14-25)28-35(3,32)33/h7-14,23,28H,4-6,15-20H2,1-3H3,(H,27,31). The second kappa shape index (κ2) is 12.8.